The molecule has 1 aliphatic carbocycles. The van der Waals surface area contributed by atoms with Crippen molar-refractivity contribution in [2.45, 2.75) is 25.0 Å². The lowest BCUT2D eigenvalue weighted by atomic mass is 9.92. The third kappa shape index (κ3) is 1.88. The number of fused-ring (bicyclic) bond motifs is 1. The Balaban J connectivity index is 1.98. The number of rotatable bonds is 2. The van der Waals surface area contributed by atoms with Crippen LogP contribution in [0.1, 0.15) is 12.8 Å². The number of aromatic nitrogens is 1. The Kier molecular flexibility index (Phi) is 2.69. The maximum atomic E-state index is 9.23. The fourth-order valence-electron chi connectivity index (χ4n) is 2.04. The molecule has 3 nitrogen and oxygen atoms in total. The standard InChI is InChI=1S/C12H11Cl2NO2/c13-9-5-10(17-7-3-6(16)4-7)8-1-2-15-12(8)11(9)14/h1-2,5-7,15-16H,3-4H2/t6-,7+. The molecule has 0 amide bonds. The summed E-state index contributed by atoms with van der Waals surface area (Å²) in [4.78, 5) is 3.04. The van der Waals surface area contributed by atoms with Crippen LogP contribution in [0.4, 0.5) is 0 Å². The van der Waals surface area contributed by atoms with E-state index in [0.29, 0.717) is 28.6 Å². The lowest BCUT2D eigenvalue weighted by molar-refractivity contribution is -0.0100. The van der Waals surface area contributed by atoms with Crippen molar-refractivity contribution in [1.82, 2.24) is 4.98 Å². The second-order valence-corrected chi connectivity index (χ2v) is 5.09. The minimum atomic E-state index is -0.232. The zero-order chi connectivity index (χ0) is 12.0. The Labute approximate surface area is 108 Å². The van der Waals surface area contributed by atoms with Crippen molar-refractivity contribution >= 4 is 34.1 Å². The first-order chi connectivity index (χ1) is 8.15. The van der Waals surface area contributed by atoms with Gasteiger partial charge in [0.2, 0.25) is 0 Å². The molecule has 3 rings (SSSR count). The van der Waals surface area contributed by atoms with E-state index < -0.39 is 0 Å². The second-order valence-electron chi connectivity index (χ2n) is 4.30. The van der Waals surface area contributed by atoms with Gasteiger partial charge in [-0.15, -0.1) is 0 Å². The molecule has 1 aromatic carbocycles. The van der Waals surface area contributed by atoms with Gasteiger partial charge in [0, 0.05) is 30.5 Å². The molecule has 0 aliphatic heterocycles. The van der Waals surface area contributed by atoms with Crippen molar-refractivity contribution in [3.8, 4) is 5.75 Å². The lowest BCUT2D eigenvalue weighted by Crippen LogP contribution is -2.37. The fourth-order valence-corrected chi connectivity index (χ4v) is 2.45. The van der Waals surface area contributed by atoms with E-state index in [1.54, 1.807) is 12.3 Å². The van der Waals surface area contributed by atoms with Gasteiger partial charge in [-0.3, -0.25) is 0 Å². The van der Waals surface area contributed by atoms with Gasteiger partial charge in [-0.05, 0) is 6.07 Å². The molecular formula is C12H11Cl2NO2. The lowest BCUT2D eigenvalue weighted by Gasteiger charge is -2.31. The summed E-state index contributed by atoms with van der Waals surface area (Å²) in [6.45, 7) is 0. The first-order valence-electron chi connectivity index (χ1n) is 5.45. The van der Waals surface area contributed by atoms with E-state index in [9.17, 15) is 5.11 Å². The zero-order valence-corrected chi connectivity index (χ0v) is 10.4. The molecule has 1 fully saturated rings. The monoisotopic (exact) mass is 271 g/mol. The Bertz CT molecular complexity index is 561. The predicted molar refractivity (Wildman–Crippen MR) is 68.0 cm³/mol. The van der Waals surface area contributed by atoms with Crippen LogP contribution in [0.2, 0.25) is 10.0 Å². The van der Waals surface area contributed by atoms with Gasteiger partial charge in [0.1, 0.15) is 11.9 Å². The van der Waals surface area contributed by atoms with E-state index in [0.717, 1.165) is 10.9 Å². The minimum absolute atomic E-state index is 0.0698. The molecular weight excluding hydrogens is 261 g/mol. The molecule has 0 spiro atoms. The minimum Gasteiger partial charge on any atom is -0.489 e. The topological polar surface area (TPSA) is 45.2 Å². The maximum absolute atomic E-state index is 9.23. The van der Waals surface area contributed by atoms with Crippen molar-refractivity contribution in [1.29, 1.82) is 0 Å². The summed E-state index contributed by atoms with van der Waals surface area (Å²) >= 11 is 12.1. The SMILES string of the molecule is O[C@H]1C[C@@H](Oc2cc(Cl)c(Cl)c3[nH]ccc23)C1. The molecule has 2 aromatic rings. The Morgan fingerprint density at radius 3 is 2.82 bits per heavy atom. The average Bonchev–Trinajstić information content (AvgIpc) is 2.72. The first kappa shape index (κ1) is 11.2. The zero-order valence-electron chi connectivity index (χ0n) is 8.91. The van der Waals surface area contributed by atoms with Crippen LogP contribution in [-0.4, -0.2) is 22.3 Å². The van der Waals surface area contributed by atoms with Crippen LogP contribution < -0.4 is 4.74 Å². The number of halogens is 2. The van der Waals surface area contributed by atoms with E-state index in [-0.39, 0.29) is 12.2 Å². The number of benzene rings is 1. The molecule has 17 heavy (non-hydrogen) atoms. The molecule has 1 heterocycles. The van der Waals surface area contributed by atoms with Crippen LogP contribution in [0.25, 0.3) is 10.9 Å². The van der Waals surface area contributed by atoms with Crippen molar-refractivity contribution in [2.75, 3.05) is 0 Å². The van der Waals surface area contributed by atoms with Gasteiger partial charge < -0.3 is 14.8 Å². The van der Waals surface area contributed by atoms with Crippen LogP contribution in [0.3, 0.4) is 0 Å². The van der Waals surface area contributed by atoms with Crippen molar-refractivity contribution in [3.63, 3.8) is 0 Å². The van der Waals surface area contributed by atoms with E-state index in [1.165, 1.54) is 0 Å². The number of H-pyrrole nitrogens is 1. The Morgan fingerprint density at radius 2 is 2.12 bits per heavy atom. The number of aliphatic hydroxyl groups is 1. The maximum Gasteiger partial charge on any atom is 0.130 e. The summed E-state index contributed by atoms with van der Waals surface area (Å²) < 4.78 is 5.81. The Hall–Kier alpha value is -0.900. The molecule has 0 saturated heterocycles. The summed E-state index contributed by atoms with van der Waals surface area (Å²) in [6.07, 6.45) is 2.98. The molecule has 2 N–H and O–H groups in total. The number of aromatic amines is 1. The van der Waals surface area contributed by atoms with Gasteiger partial charge in [0.05, 0.1) is 21.7 Å². The summed E-state index contributed by atoms with van der Waals surface area (Å²) in [6, 6.07) is 3.63. The molecule has 1 saturated carbocycles. The smallest absolute Gasteiger partial charge is 0.130 e. The number of hydrogen-bond donors (Lipinski definition) is 2. The molecule has 0 bridgehead atoms. The van der Waals surface area contributed by atoms with Crippen LogP contribution >= 0.6 is 23.2 Å². The highest BCUT2D eigenvalue weighted by Crippen LogP contribution is 2.38. The third-order valence-electron chi connectivity index (χ3n) is 3.06. The molecule has 0 atom stereocenters. The van der Waals surface area contributed by atoms with E-state index in [2.05, 4.69) is 4.98 Å². The Morgan fingerprint density at radius 1 is 1.35 bits per heavy atom. The summed E-state index contributed by atoms with van der Waals surface area (Å²) in [5, 5.41) is 11.1. The number of hydrogen-bond acceptors (Lipinski definition) is 2. The van der Waals surface area contributed by atoms with Gasteiger partial charge in [-0.2, -0.15) is 0 Å². The third-order valence-corrected chi connectivity index (χ3v) is 3.85. The first-order valence-corrected chi connectivity index (χ1v) is 6.20. The highest BCUT2D eigenvalue weighted by molar-refractivity contribution is 6.45. The second kappa shape index (κ2) is 4.09. The van der Waals surface area contributed by atoms with Crippen LogP contribution in [0, 0.1) is 0 Å². The summed E-state index contributed by atoms with van der Waals surface area (Å²) in [5.74, 6) is 0.715. The van der Waals surface area contributed by atoms with Crippen molar-refractivity contribution < 1.29 is 9.84 Å². The number of ether oxygens (including phenoxy) is 1. The normalized spacial score (nSPS) is 23.7. The molecule has 90 valence electrons. The van der Waals surface area contributed by atoms with Gasteiger partial charge in [0.15, 0.2) is 0 Å². The molecule has 0 unspecified atom stereocenters. The van der Waals surface area contributed by atoms with E-state index in [4.69, 9.17) is 27.9 Å². The van der Waals surface area contributed by atoms with E-state index >= 15 is 0 Å². The summed E-state index contributed by atoms with van der Waals surface area (Å²) in [7, 11) is 0. The van der Waals surface area contributed by atoms with Gasteiger partial charge in [0.25, 0.3) is 0 Å². The van der Waals surface area contributed by atoms with Gasteiger partial charge in [-0.1, -0.05) is 23.2 Å². The molecule has 1 aromatic heterocycles. The highest BCUT2D eigenvalue weighted by atomic mass is 35.5. The quantitative estimate of drug-likeness (QED) is 0.880. The highest BCUT2D eigenvalue weighted by Gasteiger charge is 2.29. The van der Waals surface area contributed by atoms with Crippen LogP contribution in [0.5, 0.6) is 5.75 Å². The van der Waals surface area contributed by atoms with Gasteiger partial charge >= 0.3 is 0 Å². The largest absolute Gasteiger partial charge is 0.489 e. The number of aliphatic hydroxyl groups excluding tert-OH is 1. The van der Waals surface area contributed by atoms with Crippen molar-refractivity contribution in [3.05, 3.63) is 28.4 Å². The summed E-state index contributed by atoms with van der Waals surface area (Å²) in [5.41, 5.74) is 0.786. The van der Waals surface area contributed by atoms with E-state index in [1.807, 2.05) is 6.07 Å². The molecule has 1 aliphatic rings. The van der Waals surface area contributed by atoms with Crippen LogP contribution in [0.15, 0.2) is 18.3 Å². The van der Waals surface area contributed by atoms with Crippen molar-refractivity contribution in [2.24, 2.45) is 0 Å². The fraction of sp³-hybridized carbons (Fsp3) is 0.333. The van der Waals surface area contributed by atoms with Crippen LogP contribution in [-0.2, 0) is 0 Å². The average molecular weight is 272 g/mol. The molecule has 5 heteroatoms. The molecule has 0 radical (unpaired) electrons. The number of nitrogens with one attached hydrogen (secondary N) is 1. The predicted octanol–water partition coefficient (Wildman–Crippen LogP) is 3.38. The van der Waals surface area contributed by atoms with Gasteiger partial charge in [-0.25, -0.2) is 0 Å².